The minimum atomic E-state index is -0.402. The molecule has 2 bridgehead atoms. The summed E-state index contributed by atoms with van der Waals surface area (Å²) in [5.41, 5.74) is 9.45. The molecule has 2 aliphatic carbocycles. The van der Waals surface area contributed by atoms with Gasteiger partial charge in [0.15, 0.2) is 0 Å². The lowest BCUT2D eigenvalue weighted by Gasteiger charge is -2.44. The lowest BCUT2D eigenvalue weighted by molar-refractivity contribution is 0.125. The standard InChI is InChI=1S/C35H43N3/c1-10-27-25-19-28-29(33(6,7)34(8,9)32(28,4)5)20-26(25)30-18-17-23(21-37-30)31(38-22(3)36)35(27,11-2)24-15-13-12-14-16-24/h12-21,27,36H,10-11H2,1-9H3. The second kappa shape index (κ2) is 8.73. The van der Waals surface area contributed by atoms with E-state index in [1.807, 2.05) is 6.20 Å². The van der Waals surface area contributed by atoms with Crippen LogP contribution in [-0.2, 0) is 16.2 Å². The first kappa shape index (κ1) is 26.5. The molecule has 2 unspecified atom stereocenters. The SMILES string of the molecule is CCC1c2cc3c(cc2-c2ccc(cn2)C(=NC(C)=N)C1(CC)c1ccccc1)C(C)(C)C(C)(C)C3(C)C. The first-order chi connectivity index (χ1) is 17.8. The van der Waals surface area contributed by atoms with E-state index in [0.717, 1.165) is 29.8 Å². The maximum atomic E-state index is 8.44. The minimum Gasteiger partial charge on any atom is -0.287 e. The van der Waals surface area contributed by atoms with Gasteiger partial charge in [-0.2, -0.15) is 0 Å². The number of aliphatic imine (C=N–C) groups is 1. The topological polar surface area (TPSA) is 49.1 Å². The van der Waals surface area contributed by atoms with Crippen LogP contribution in [0, 0.1) is 10.8 Å². The van der Waals surface area contributed by atoms with Crippen LogP contribution in [0.2, 0.25) is 0 Å². The van der Waals surface area contributed by atoms with Gasteiger partial charge in [-0.1, -0.05) is 91.8 Å². The Bertz CT molecular complexity index is 1420. The van der Waals surface area contributed by atoms with Gasteiger partial charge in [0.25, 0.3) is 0 Å². The Balaban J connectivity index is 1.95. The summed E-state index contributed by atoms with van der Waals surface area (Å²) >= 11 is 0. The highest BCUT2D eigenvalue weighted by atomic mass is 14.8. The minimum absolute atomic E-state index is 0.0123. The number of fused-ring (bicyclic) bond motifs is 5. The number of amidine groups is 1. The zero-order valence-corrected chi connectivity index (χ0v) is 24.7. The fourth-order valence-corrected chi connectivity index (χ4v) is 7.59. The molecule has 0 amide bonds. The zero-order chi connectivity index (χ0) is 27.7. The molecule has 2 atom stereocenters. The molecule has 3 nitrogen and oxygen atoms in total. The van der Waals surface area contributed by atoms with Gasteiger partial charge < -0.3 is 0 Å². The van der Waals surface area contributed by atoms with Gasteiger partial charge in [-0.15, -0.1) is 0 Å². The Morgan fingerprint density at radius 1 is 0.895 bits per heavy atom. The zero-order valence-electron chi connectivity index (χ0n) is 24.7. The van der Waals surface area contributed by atoms with Crippen molar-refractivity contribution in [2.24, 2.45) is 10.4 Å². The van der Waals surface area contributed by atoms with Crippen LogP contribution >= 0.6 is 0 Å². The molecule has 3 aliphatic rings. The first-order valence-corrected chi connectivity index (χ1v) is 14.2. The lowest BCUT2D eigenvalue weighted by atomic mass is 9.59. The Hall–Kier alpha value is -3.07. The summed E-state index contributed by atoms with van der Waals surface area (Å²) in [5, 5.41) is 8.44. The summed E-state index contributed by atoms with van der Waals surface area (Å²) in [4.78, 5) is 10.0. The molecule has 6 rings (SSSR count). The summed E-state index contributed by atoms with van der Waals surface area (Å²) in [6.07, 6.45) is 3.82. The van der Waals surface area contributed by atoms with Crippen molar-refractivity contribution in [3.8, 4) is 11.3 Å². The highest BCUT2D eigenvalue weighted by Crippen LogP contribution is 2.63. The summed E-state index contributed by atoms with van der Waals surface area (Å²) in [5.74, 6) is 0.494. The fraction of sp³-hybridized carbons (Fsp3) is 0.457. The van der Waals surface area contributed by atoms with E-state index in [1.165, 1.54) is 27.8 Å². The van der Waals surface area contributed by atoms with Crippen molar-refractivity contribution in [2.75, 3.05) is 0 Å². The van der Waals surface area contributed by atoms with E-state index in [9.17, 15) is 0 Å². The van der Waals surface area contributed by atoms with Crippen LogP contribution in [0.3, 0.4) is 0 Å². The highest BCUT2D eigenvalue weighted by Gasteiger charge is 2.57. The van der Waals surface area contributed by atoms with Gasteiger partial charge in [0.1, 0.15) is 5.84 Å². The molecular weight excluding hydrogens is 462 g/mol. The number of hydrogen-bond donors (Lipinski definition) is 1. The van der Waals surface area contributed by atoms with Crippen LogP contribution in [0.4, 0.5) is 0 Å². The summed E-state index contributed by atoms with van der Waals surface area (Å²) in [6.45, 7) is 20.9. The number of rotatable bonds is 3. The van der Waals surface area contributed by atoms with Gasteiger partial charge in [-0.25, -0.2) is 4.99 Å². The van der Waals surface area contributed by atoms with Crippen LogP contribution in [0.15, 0.2) is 65.8 Å². The normalized spacial score (nSPS) is 25.3. The molecule has 1 aromatic heterocycles. The van der Waals surface area contributed by atoms with Crippen LogP contribution in [-0.4, -0.2) is 16.5 Å². The number of nitrogens with one attached hydrogen (secondary N) is 1. The van der Waals surface area contributed by atoms with Gasteiger partial charge in [-0.3, -0.25) is 10.4 Å². The molecule has 0 fully saturated rings. The van der Waals surface area contributed by atoms with E-state index in [1.54, 1.807) is 6.92 Å². The van der Waals surface area contributed by atoms with Gasteiger partial charge in [0.05, 0.1) is 11.4 Å². The van der Waals surface area contributed by atoms with Crippen molar-refractivity contribution in [1.29, 1.82) is 5.41 Å². The van der Waals surface area contributed by atoms with Crippen molar-refractivity contribution in [3.05, 3.63) is 88.6 Å². The predicted octanol–water partition coefficient (Wildman–Crippen LogP) is 8.99. The molecular formula is C35H43N3. The molecule has 0 radical (unpaired) electrons. The predicted molar refractivity (Wildman–Crippen MR) is 161 cm³/mol. The van der Waals surface area contributed by atoms with Crippen molar-refractivity contribution >= 4 is 11.5 Å². The smallest absolute Gasteiger partial charge is 0.117 e. The lowest BCUT2D eigenvalue weighted by Crippen LogP contribution is -2.42. The van der Waals surface area contributed by atoms with Crippen molar-refractivity contribution in [3.63, 3.8) is 0 Å². The molecule has 3 aromatic rings. The van der Waals surface area contributed by atoms with Crippen molar-refractivity contribution in [1.82, 2.24) is 4.98 Å². The Morgan fingerprint density at radius 3 is 2.05 bits per heavy atom. The van der Waals surface area contributed by atoms with Crippen molar-refractivity contribution < 1.29 is 0 Å². The molecule has 0 saturated heterocycles. The molecule has 1 N–H and O–H groups in total. The number of benzene rings is 2. The molecule has 198 valence electrons. The summed E-state index contributed by atoms with van der Waals surface area (Å²) in [6, 6.07) is 20.2. The summed E-state index contributed by atoms with van der Waals surface area (Å²) < 4.78 is 0. The van der Waals surface area contributed by atoms with Gasteiger partial charge in [0, 0.05) is 22.7 Å². The second-order valence-electron chi connectivity index (χ2n) is 13.0. The molecule has 0 spiro atoms. The Kier molecular flexibility index (Phi) is 6.09. The average molecular weight is 506 g/mol. The maximum Gasteiger partial charge on any atom is 0.117 e. The largest absolute Gasteiger partial charge is 0.287 e. The molecule has 0 saturated carbocycles. The van der Waals surface area contributed by atoms with Crippen LogP contribution < -0.4 is 0 Å². The van der Waals surface area contributed by atoms with Crippen LogP contribution in [0.25, 0.3) is 11.3 Å². The number of pyridine rings is 1. The van der Waals surface area contributed by atoms with E-state index in [-0.39, 0.29) is 22.2 Å². The quantitative estimate of drug-likeness (QED) is 0.280. The van der Waals surface area contributed by atoms with E-state index in [0.29, 0.717) is 5.84 Å². The first-order valence-electron chi connectivity index (χ1n) is 14.2. The van der Waals surface area contributed by atoms with Gasteiger partial charge in [0.2, 0.25) is 0 Å². The number of aromatic nitrogens is 1. The Labute approximate surface area is 229 Å². The van der Waals surface area contributed by atoms with Crippen molar-refractivity contribution in [2.45, 2.75) is 97.3 Å². The Morgan fingerprint density at radius 2 is 1.53 bits per heavy atom. The number of hydrogen-bond acceptors (Lipinski definition) is 2. The molecule has 2 aromatic carbocycles. The third kappa shape index (κ3) is 3.36. The van der Waals surface area contributed by atoms with E-state index in [4.69, 9.17) is 15.4 Å². The molecule has 38 heavy (non-hydrogen) atoms. The number of nitrogens with zero attached hydrogens (tertiary/aromatic N) is 2. The van der Waals surface area contributed by atoms with E-state index in [2.05, 4.69) is 110 Å². The fourth-order valence-electron chi connectivity index (χ4n) is 7.59. The third-order valence-corrected chi connectivity index (χ3v) is 10.9. The summed E-state index contributed by atoms with van der Waals surface area (Å²) in [7, 11) is 0. The van der Waals surface area contributed by atoms with E-state index >= 15 is 0 Å². The van der Waals surface area contributed by atoms with Gasteiger partial charge >= 0.3 is 0 Å². The highest BCUT2D eigenvalue weighted by molar-refractivity contribution is 6.13. The van der Waals surface area contributed by atoms with Crippen LogP contribution in [0.5, 0.6) is 0 Å². The second-order valence-corrected chi connectivity index (χ2v) is 13.0. The van der Waals surface area contributed by atoms with Crippen LogP contribution in [0.1, 0.15) is 109 Å². The molecule has 2 heterocycles. The molecule has 1 aliphatic heterocycles. The molecule has 3 heteroatoms. The average Bonchev–Trinajstić information content (AvgIpc) is 3.04. The monoisotopic (exact) mass is 505 g/mol. The van der Waals surface area contributed by atoms with E-state index < -0.39 is 5.41 Å². The van der Waals surface area contributed by atoms with Gasteiger partial charge in [-0.05, 0) is 82.4 Å². The third-order valence-electron chi connectivity index (χ3n) is 10.9. The maximum absolute atomic E-state index is 8.44.